The van der Waals surface area contributed by atoms with Crippen molar-refractivity contribution in [3.05, 3.63) is 0 Å². The fourth-order valence-corrected chi connectivity index (χ4v) is 0.543. The van der Waals surface area contributed by atoms with Crippen molar-refractivity contribution in [2.24, 2.45) is 0 Å². The van der Waals surface area contributed by atoms with Gasteiger partial charge in [-0.15, -0.1) is 0 Å². The number of carbonyl (C=O) groups excluding carboxylic acids is 4. The van der Waals surface area contributed by atoms with E-state index in [0.29, 0.717) is 0 Å². The van der Waals surface area contributed by atoms with Crippen LogP contribution in [0.2, 0.25) is 0 Å². The molecule has 2 N–H and O–H groups in total. The van der Waals surface area contributed by atoms with E-state index in [1.807, 2.05) is 0 Å². The minimum absolute atomic E-state index is 0. The molecule has 0 aromatic carbocycles. The number of carbonyl (C=O) groups is 4. The largest absolute Gasteiger partial charge is 1.00 e. The Labute approximate surface area is 184 Å². The second-order valence-corrected chi connectivity index (χ2v) is 2.23. The molecule has 0 heterocycles. The van der Waals surface area contributed by atoms with Gasteiger partial charge in [-0.2, -0.15) is 0 Å². The molecule has 2 atom stereocenters. The first-order valence-corrected chi connectivity index (χ1v) is 3.47. The zero-order valence-corrected chi connectivity index (χ0v) is 15.6. The van der Waals surface area contributed by atoms with Crippen LogP contribution in [0.1, 0.15) is 0 Å². The number of esters is 2. The van der Waals surface area contributed by atoms with Crippen molar-refractivity contribution in [3.63, 3.8) is 0 Å². The van der Waals surface area contributed by atoms with Crippen LogP contribution in [0.5, 0.6) is 0 Å². The van der Waals surface area contributed by atoms with Crippen molar-refractivity contribution in [2.45, 2.75) is 12.2 Å². The van der Waals surface area contributed by atoms with Gasteiger partial charge in [-0.25, -0.2) is 0 Å². The summed E-state index contributed by atoms with van der Waals surface area (Å²) in [6.07, 6.45) is -9.93. The quantitative estimate of drug-likeness (QED) is 0.289. The van der Waals surface area contributed by atoms with Crippen molar-refractivity contribution in [1.29, 1.82) is 0 Å². The minimum atomic E-state index is -2.63. The predicted octanol–water partition coefficient (Wildman–Crippen LogP) is -10.5. The van der Waals surface area contributed by atoms with E-state index in [4.69, 9.17) is 10.2 Å². The van der Waals surface area contributed by atoms with Crippen LogP contribution in [0.3, 0.4) is 0 Å². The van der Waals surface area contributed by atoms with E-state index in [1.165, 1.54) is 0 Å². The van der Waals surface area contributed by atoms with E-state index < -0.39 is 36.5 Å². The summed E-state index contributed by atoms with van der Waals surface area (Å²) in [6, 6.07) is 0. The molecule has 0 aliphatic rings. The summed E-state index contributed by atoms with van der Waals surface area (Å²) in [4.78, 5) is 40.6. The monoisotopic (exact) mass is 314 g/mol. The van der Waals surface area contributed by atoms with E-state index >= 15 is 0 Å². The summed E-state index contributed by atoms with van der Waals surface area (Å²) < 4.78 is 6.55. The van der Waals surface area contributed by atoms with E-state index in [-0.39, 0.29) is 103 Å². The second kappa shape index (κ2) is 11.9. The molecule has 12 heteroatoms. The van der Waals surface area contributed by atoms with Gasteiger partial charge in [0.25, 0.3) is 24.2 Å². The maximum atomic E-state index is 10.6. The summed E-state index contributed by atoms with van der Waals surface area (Å²) in [5.41, 5.74) is 0. The van der Waals surface area contributed by atoms with E-state index in [0.717, 1.165) is 0 Å². The smallest absolute Gasteiger partial charge is 0.482 e. The number of aliphatic hydroxyl groups excluding tert-OH is 2. The molecule has 0 rings (SSSR count). The molecule has 0 aliphatic carbocycles. The van der Waals surface area contributed by atoms with Crippen LogP contribution < -0.4 is 113 Å². The zero-order chi connectivity index (χ0) is 12.9. The number of hydrogen-bond donors (Lipinski definition) is 2. The molecule has 90 valence electrons. The third-order valence-corrected chi connectivity index (χ3v) is 1.15. The Balaban J connectivity index is -0.00000112. The third-order valence-electron chi connectivity index (χ3n) is 1.15. The standard InChI is InChI=1S/C6H6O10.2K/c7-1(3(9)15-5(11)12)2(8)4(10)16-6(13)14;;/h1-2,7-8H,(H,11,12)(H,13,14);;/q;2*+1/p-2. The van der Waals surface area contributed by atoms with E-state index in [9.17, 15) is 29.4 Å². The Bertz CT molecular complexity index is 296. The zero-order valence-electron chi connectivity index (χ0n) is 9.32. The SMILES string of the molecule is O=C([O-])OC(=O)C(O)C(O)C(=O)OC(=O)[O-].[K+].[K+]. The van der Waals surface area contributed by atoms with Crippen LogP contribution in [-0.4, -0.2) is 46.7 Å². The van der Waals surface area contributed by atoms with Crippen LogP contribution in [0.15, 0.2) is 0 Å². The average molecular weight is 314 g/mol. The summed E-state index contributed by atoms with van der Waals surface area (Å²) in [5.74, 6) is -3.86. The summed E-state index contributed by atoms with van der Waals surface area (Å²) >= 11 is 0. The molecular formula is C6H4K2O10. The van der Waals surface area contributed by atoms with Crippen molar-refractivity contribution in [2.75, 3.05) is 0 Å². The fraction of sp³-hybridized carbons (Fsp3) is 0.333. The Kier molecular flexibility index (Phi) is 15.9. The molecule has 2 unspecified atom stereocenters. The van der Waals surface area contributed by atoms with Gasteiger partial charge in [-0.1, -0.05) is 0 Å². The Morgan fingerprint density at radius 3 is 1.17 bits per heavy atom. The third kappa shape index (κ3) is 9.93. The first kappa shape index (κ1) is 24.1. The van der Waals surface area contributed by atoms with Gasteiger partial charge in [0, 0.05) is 0 Å². The molecule has 0 aromatic heterocycles. The van der Waals surface area contributed by atoms with Crippen LogP contribution >= 0.6 is 0 Å². The number of aliphatic hydroxyl groups is 2. The first-order valence-electron chi connectivity index (χ1n) is 3.47. The molecule has 10 nitrogen and oxygen atoms in total. The molecule has 0 saturated heterocycles. The molecule has 18 heavy (non-hydrogen) atoms. The molecule has 0 radical (unpaired) electrons. The van der Waals surface area contributed by atoms with Gasteiger partial charge >= 0.3 is 103 Å². The van der Waals surface area contributed by atoms with E-state index in [2.05, 4.69) is 9.47 Å². The first-order chi connectivity index (χ1) is 7.25. The van der Waals surface area contributed by atoms with Gasteiger partial charge in [0.15, 0.2) is 12.2 Å². The van der Waals surface area contributed by atoms with Crippen molar-refractivity contribution in [1.82, 2.24) is 0 Å². The van der Waals surface area contributed by atoms with Gasteiger partial charge in [0.1, 0.15) is 0 Å². The van der Waals surface area contributed by atoms with Crippen LogP contribution in [-0.2, 0) is 19.1 Å². The Hall–Kier alpha value is 1.07. The van der Waals surface area contributed by atoms with Gasteiger partial charge < -0.3 is 39.5 Å². The molecular weight excluding hydrogens is 310 g/mol. The number of hydrogen-bond acceptors (Lipinski definition) is 10. The van der Waals surface area contributed by atoms with Crippen LogP contribution in [0.25, 0.3) is 0 Å². The van der Waals surface area contributed by atoms with Crippen molar-refractivity contribution < 1.29 is 152 Å². The van der Waals surface area contributed by atoms with Gasteiger partial charge in [0.05, 0.1) is 0 Å². The van der Waals surface area contributed by atoms with Crippen molar-refractivity contribution >= 4 is 24.2 Å². The normalized spacial score (nSPS) is 11.9. The average Bonchev–Trinajstić information content (AvgIpc) is 2.13. The van der Waals surface area contributed by atoms with Gasteiger partial charge in [-0.05, 0) is 0 Å². The molecule has 0 bridgehead atoms. The summed E-state index contributed by atoms with van der Waals surface area (Å²) in [7, 11) is 0. The number of ether oxygens (including phenoxy) is 2. The maximum absolute atomic E-state index is 10.6. The van der Waals surface area contributed by atoms with Crippen LogP contribution in [0, 0.1) is 0 Å². The second-order valence-electron chi connectivity index (χ2n) is 2.23. The number of rotatable bonds is 3. The molecule has 0 aliphatic heterocycles. The summed E-state index contributed by atoms with van der Waals surface area (Å²) in [5, 5.41) is 37.0. The van der Waals surface area contributed by atoms with Gasteiger partial charge in [0.2, 0.25) is 0 Å². The molecule has 0 spiro atoms. The van der Waals surface area contributed by atoms with Crippen LogP contribution in [0.4, 0.5) is 9.59 Å². The maximum Gasteiger partial charge on any atom is 1.00 e. The van der Waals surface area contributed by atoms with Crippen molar-refractivity contribution in [3.8, 4) is 0 Å². The Morgan fingerprint density at radius 2 is 1.00 bits per heavy atom. The van der Waals surface area contributed by atoms with E-state index in [1.54, 1.807) is 0 Å². The fourth-order valence-electron chi connectivity index (χ4n) is 0.543. The molecule has 0 amide bonds. The number of carboxylic acid groups (broad SMARTS) is 2. The van der Waals surface area contributed by atoms with Gasteiger partial charge in [-0.3, -0.25) is 9.59 Å². The molecule has 0 saturated carbocycles. The Morgan fingerprint density at radius 1 is 0.778 bits per heavy atom. The summed E-state index contributed by atoms with van der Waals surface area (Å²) in [6.45, 7) is 0. The topological polar surface area (TPSA) is 173 Å². The predicted molar refractivity (Wildman–Crippen MR) is 35.0 cm³/mol. The minimum Gasteiger partial charge on any atom is -0.482 e. The molecule has 0 fully saturated rings. The molecule has 0 aromatic rings.